The fourth-order valence-corrected chi connectivity index (χ4v) is 4.13. The van der Waals surface area contributed by atoms with E-state index < -0.39 is 11.9 Å². The van der Waals surface area contributed by atoms with E-state index in [4.69, 9.17) is 9.47 Å². The van der Waals surface area contributed by atoms with Crippen LogP contribution in [-0.4, -0.2) is 45.3 Å². The molecule has 1 fully saturated rings. The second kappa shape index (κ2) is 7.14. The number of carbonyl (C=O) groups is 1. The van der Waals surface area contributed by atoms with Crippen molar-refractivity contribution in [2.45, 2.75) is 31.9 Å². The van der Waals surface area contributed by atoms with Crippen LogP contribution in [0.4, 0.5) is 13.2 Å². The van der Waals surface area contributed by atoms with Gasteiger partial charge in [0, 0.05) is 36.3 Å². The number of benzene rings is 1. The number of likely N-dealkylation sites (tertiary alicyclic amines) is 1. The maximum Gasteiger partial charge on any atom is 0.433 e. The molecular formula is C21H19F3N4O3. The molecule has 1 aromatic carbocycles. The van der Waals surface area contributed by atoms with Crippen molar-refractivity contribution in [3.8, 4) is 11.5 Å². The first kappa shape index (κ1) is 19.7. The SMILES string of the molecule is Cc1cc2nc(C3CCCN(C(=O)c4ccc5c(c4)OCO5)C3)cc(C(F)(F)F)n2n1. The first-order valence-electron chi connectivity index (χ1n) is 9.93. The zero-order valence-electron chi connectivity index (χ0n) is 16.6. The zero-order chi connectivity index (χ0) is 21.8. The molecule has 7 nitrogen and oxygen atoms in total. The Balaban J connectivity index is 1.44. The highest BCUT2D eigenvalue weighted by atomic mass is 19.4. The molecule has 2 aliphatic rings. The second-order valence-corrected chi connectivity index (χ2v) is 7.78. The molecule has 0 saturated carbocycles. The Morgan fingerprint density at radius 2 is 1.97 bits per heavy atom. The number of nitrogens with zero attached hydrogens (tertiary/aromatic N) is 4. The normalized spacial score (nSPS) is 18.6. The third-order valence-electron chi connectivity index (χ3n) is 5.61. The van der Waals surface area contributed by atoms with Gasteiger partial charge in [0.15, 0.2) is 17.1 Å². The molecule has 1 saturated heterocycles. The van der Waals surface area contributed by atoms with Crippen molar-refractivity contribution in [1.29, 1.82) is 0 Å². The van der Waals surface area contributed by atoms with Crippen LogP contribution in [0, 0.1) is 6.92 Å². The van der Waals surface area contributed by atoms with Gasteiger partial charge in [-0.25, -0.2) is 9.50 Å². The van der Waals surface area contributed by atoms with Crippen molar-refractivity contribution in [3.05, 3.63) is 53.0 Å². The number of hydrogen-bond acceptors (Lipinski definition) is 5. The van der Waals surface area contributed by atoms with Crippen molar-refractivity contribution in [3.63, 3.8) is 0 Å². The molecular weight excluding hydrogens is 413 g/mol. The molecule has 0 aliphatic carbocycles. The molecule has 162 valence electrons. The Morgan fingerprint density at radius 3 is 2.77 bits per heavy atom. The highest BCUT2D eigenvalue weighted by Crippen LogP contribution is 2.35. The summed E-state index contributed by atoms with van der Waals surface area (Å²) in [5.74, 6) is 0.604. The molecule has 0 radical (unpaired) electrons. The van der Waals surface area contributed by atoms with Gasteiger partial charge in [-0.3, -0.25) is 4.79 Å². The maximum atomic E-state index is 13.6. The fourth-order valence-electron chi connectivity index (χ4n) is 4.13. The minimum atomic E-state index is -4.56. The average Bonchev–Trinajstić information content (AvgIpc) is 3.36. The molecule has 2 aromatic heterocycles. The van der Waals surface area contributed by atoms with E-state index in [2.05, 4.69) is 10.1 Å². The highest BCUT2D eigenvalue weighted by Gasteiger charge is 2.36. The van der Waals surface area contributed by atoms with Gasteiger partial charge in [-0.1, -0.05) is 0 Å². The molecule has 0 bridgehead atoms. The van der Waals surface area contributed by atoms with Gasteiger partial charge >= 0.3 is 6.18 Å². The number of halogens is 3. The molecule has 0 spiro atoms. The van der Waals surface area contributed by atoms with Gasteiger partial charge in [0.1, 0.15) is 5.69 Å². The van der Waals surface area contributed by atoms with Crippen molar-refractivity contribution >= 4 is 11.6 Å². The lowest BCUT2D eigenvalue weighted by atomic mass is 9.93. The summed E-state index contributed by atoms with van der Waals surface area (Å²) in [7, 11) is 0. The van der Waals surface area contributed by atoms with Gasteiger partial charge in [-0.15, -0.1) is 0 Å². The summed E-state index contributed by atoms with van der Waals surface area (Å²) < 4.78 is 52.3. The third-order valence-corrected chi connectivity index (χ3v) is 5.61. The van der Waals surface area contributed by atoms with Crippen LogP contribution in [0.15, 0.2) is 30.3 Å². The molecule has 10 heteroatoms. The lowest BCUT2D eigenvalue weighted by molar-refractivity contribution is -0.142. The maximum absolute atomic E-state index is 13.6. The molecule has 5 rings (SSSR count). The number of amides is 1. The van der Waals surface area contributed by atoms with E-state index in [-0.39, 0.29) is 24.3 Å². The summed E-state index contributed by atoms with van der Waals surface area (Å²) in [6.07, 6.45) is -3.24. The van der Waals surface area contributed by atoms with E-state index in [0.717, 1.165) is 10.6 Å². The zero-order valence-corrected chi connectivity index (χ0v) is 16.6. The molecule has 31 heavy (non-hydrogen) atoms. The summed E-state index contributed by atoms with van der Waals surface area (Å²) in [5, 5.41) is 3.92. The van der Waals surface area contributed by atoms with Gasteiger partial charge in [0.05, 0.1) is 5.69 Å². The smallest absolute Gasteiger partial charge is 0.433 e. The molecule has 3 aromatic rings. The Bertz CT molecular complexity index is 1170. The Labute approximate surface area is 175 Å². The van der Waals surface area contributed by atoms with E-state index in [0.29, 0.717) is 54.4 Å². The van der Waals surface area contributed by atoms with Crippen LogP contribution in [0.1, 0.15) is 46.2 Å². The van der Waals surface area contributed by atoms with Crippen molar-refractivity contribution in [2.24, 2.45) is 0 Å². The van der Waals surface area contributed by atoms with Gasteiger partial charge in [0.25, 0.3) is 5.91 Å². The number of alkyl halides is 3. The van der Waals surface area contributed by atoms with Crippen molar-refractivity contribution in [2.75, 3.05) is 19.9 Å². The van der Waals surface area contributed by atoms with Crippen LogP contribution >= 0.6 is 0 Å². The number of aromatic nitrogens is 3. The Kier molecular flexibility index (Phi) is 4.53. The number of hydrogen-bond donors (Lipinski definition) is 0. The van der Waals surface area contributed by atoms with Crippen LogP contribution in [0.25, 0.3) is 5.65 Å². The van der Waals surface area contributed by atoms with Crippen molar-refractivity contribution < 1.29 is 27.4 Å². The number of piperidine rings is 1. The summed E-state index contributed by atoms with van der Waals surface area (Å²) in [4.78, 5) is 19.1. The van der Waals surface area contributed by atoms with Crippen LogP contribution < -0.4 is 9.47 Å². The van der Waals surface area contributed by atoms with Crippen LogP contribution in [0.5, 0.6) is 11.5 Å². The predicted octanol–water partition coefficient (Wildman–Crippen LogP) is 3.81. The average molecular weight is 432 g/mol. The standard InChI is InChI=1S/C21H19F3N4O3/c1-12-7-19-25-15(9-18(21(22,23)24)28(19)26-12)14-3-2-6-27(10-14)20(29)13-4-5-16-17(8-13)31-11-30-16/h4-5,7-9,14H,2-3,6,10-11H2,1H3. The van der Waals surface area contributed by atoms with Gasteiger partial charge in [0.2, 0.25) is 6.79 Å². The molecule has 1 atom stereocenters. The molecule has 2 aliphatic heterocycles. The van der Waals surface area contributed by atoms with E-state index >= 15 is 0 Å². The van der Waals surface area contributed by atoms with E-state index in [1.165, 1.54) is 6.07 Å². The number of fused-ring (bicyclic) bond motifs is 2. The van der Waals surface area contributed by atoms with Crippen molar-refractivity contribution in [1.82, 2.24) is 19.5 Å². The van der Waals surface area contributed by atoms with Crippen LogP contribution in [-0.2, 0) is 6.18 Å². The van der Waals surface area contributed by atoms with E-state index in [1.807, 2.05) is 0 Å². The quantitative estimate of drug-likeness (QED) is 0.616. The number of ether oxygens (including phenoxy) is 2. The van der Waals surface area contributed by atoms with Crippen LogP contribution in [0.2, 0.25) is 0 Å². The molecule has 0 N–H and O–H groups in total. The lowest BCUT2D eigenvalue weighted by Gasteiger charge is -2.33. The fraction of sp³-hybridized carbons (Fsp3) is 0.381. The van der Waals surface area contributed by atoms with E-state index in [9.17, 15) is 18.0 Å². The first-order valence-corrected chi connectivity index (χ1v) is 9.93. The predicted molar refractivity (Wildman–Crippen MR) is 103 cm³/mol. The Morgan fingerprint density at radius 1 is 1.16 bits per heavy atom. The monoisotopic (exact) mass is 432 g/mol. The number of rotatable bonds is 2. The first-order chi connectivity index (χ1) is 14.8. The third kappa shape index (κ3) is 3.55. The topological polar surface area (TPSA) is 69.0 Å². The van der Waals surface area contributed by atoms with Gasteiger partial charge < -0.3 is 14.4 Å². The number of carbonyl (C=O) groups excluding carboxylic acids is 1. The largest absolute Gasteiger partial charge is 0.454 e. The lowest BCUT2D eigenvalue weighted by Crippen LogP contribution is -2.39. The highest BCUT2D eigenvalue weighted by molar-refractivity contribution is 5.95. The summed E-state index contributed by atoms with van der Waals surface area (Å²) >= 11 is 0. The summed E-state index contributed by atoms with van der Waals surface area (Å²) in [5.41, 5.74) is 0.526. The summed E-state index contributed by atoms with van der Waals surface area (Å²) in [6.45, 7) is 2.56. The molecule has 4 heterocycles. The molecule has 1 amide bonds. The summed E-state index contributed by atoms with van der Waals surface area (Å²) in [6, 6.07) is 7.57. The number of aryl methyl sites for hydroxylation is 1. The van der Waals surface area contributed by atoms with Crippen LogP contribution in [0.3, 0.4) is 0 Å². The minimum Gasteiger partial charge on any atom is -0.454 e. The molecule has 1 unspecified atom stereocenters. The van der Waals surface area contributed by atoms with Gasteiger partial charge in [-0.05, 0) is 44.0 Å². The minimum absolute atomic E-state index is 0.114. The van der Waals surface area contributed by atoms with Gasteiger partial charge in [-0.2, -0.15) is 18.3 Å². The Hall–Kier alpha value is -3.30. The van der Waals surface area contributed by atoms with E-state index in [1.54, 1.807) is 30.0 Å². The second-order valence-electron chi connectivity index (χ2n) is 7.78.